The van der Waals surface area contributed by atoms with Crippen molar-refractivity contribution in [1.29, 1.82) is 0 Å². The molecule has 15 heavy (non-hydrogen) atoms. The highest BCUT2D eigenvalue weighted by molar-refractivity contribution is 5.79. The molecule has 1 aliphatic heterocycles. The smallest absolute Gasteiger partial charge is 0.225 e. The van der Waals surface area contributed by atoms with Gasteiger partial charge < -0.3 is 10.0 Å². The number of carbonyl (C=O) groups excluding carboxylic acids is 1. The predicted molar refractivity (Wildman–Crippen MR) is 60.5 cm³/mol. The molecule has 1 heterocycles. The van der Waals surface area contributed by atoms with E-state index in [2.05, 4.69) is 20.8 Å². The van der Waals surface area contributed by atoms with Crippen LogP contribution in [0, 0.1) is 5.92 Å². The first-order chi connectivity index (χ1) is 7.00. The van der Waals surface area contributed by atoms with E-state index >= 15 is 0 Å². The highest BCUT2D eigenvalue weighted by Gasteiger charge is 2.30. The van der Waals surface area contributed by atoms with Crippen molar-refractivity contribution in [1.82, 2.24) is 4.90 Å². The minimum atomic E-state index is -0.440. The van der Waals surface area contributed by atoms with E-state index in [-0.39, 0.29) is 11.9 Å². The van der Waals surface area contributed by atoms with Gasteiger partial charge in [0.05, 0.1) is 12.5 Å². The Morgan fingerprint density at radius 1 is 1.40 bits per heavy atom. The summed E-state index contributed by atoms with van der Waals surface area (Å²) in [6, 6.07) is 0.286. The molecule has 0 spiro atoms. The summed E-state index contributed by atoms with van der Waals surface area (Å²) in [6.45, 7) is 7.04. The van der Waals surface area contributed by atoms with Crippen molar-refractivity contribution in [2.45, 2.75) is 58.6 Å². The molecular weight excluding hydrogens is 190 g/mol. The van der Waals surface area contributed by atoms with Crippen molar-refractivity contribution in [3.63, 3.8) is 0 Å². The molecule has 1 amide bonds. The standard InChI is InChI=1S/C12H23NO2/c1-9(2)5-4-6-10(3)13-8-11(14)7-12(13)15/h9-11,14H,4-8H2,1-3H3. The van der Waals surface area contributed by atoms with Crippen molar-refractivity contribution >= 4 is 5.91 Å². The summed E-state index contributed by atoms with van der Waals surface area (Å²) < 4.78 is 0. The first kappa shape index (κ1) is 12.5. The Kier molecular flexibility index (Phi) is 4.58. The van der Waals surface area contributed by atoms with Crippen LogP contribution in [0.4, 0.5) is 0 Å². The van der Waals surface area contributed by atoms with Crippen LogP contribution in [-0.2, 0) is 4.79 Å². The Morgan fingerprint density at radius 3 is 2.53 bits per heavy atom. The summed E-state index contributed by atoms with van der Waals surface area (Å²) in [4.78, 5) is 13.3. The average Bonchev–Trinajstić information content (AvgIpc) is 2.44. The number of rotatable bonds is 5. The van der Waals surface area contributed by atoms with Crippen molar-refractivity contribution in [3.05, 3.63) is 0 Å². The zero-order valence-electron chi connectivity index (χ0n) is 10.1. The molecule has 3 nitrogen and oxygen atoms in total. The van der Waals surface area contributed by atoms with Crippen LogP contribution in [0.15, 0.2) is 0 Å². The lowest BCUT2D eigenvalue weighted by atomic mass is 10.0. The van der Waals surface area contributed by atoms with E-state index < -0.39 is 6.10 Å². The van der Waals surface area contributed by atoms with Crippen LogP contribution in [0.25, 0.3) is 0 Å². The van der Waals surface area contributed by atoms with Gasteiger partial charge in [-0.3, -0.25) is 4.79 Å². The van der Waals surface area contributed by atoms with Crippen LogP contribution >= 0.6 is 0 Å². The van der Waals surface area contributed by atoms with Gasteiger partial charge in [-0.15, -0.1) is 0 Å². The van der Waals surface area contributed by atoms with Gasteiger partial charge >= 0.3 is 0 Å². The fraction of sp³-hybridized carbons (Fsp3) is 0.917. The van der Waals surface area contributed by atoms with E-state index in [9.17, 15) is 9.90 Å². The second kappa shape index (κ2) is 5.50. The van der Waals surface area contributed by atoms with Gasteiger partial charge in [-0.25, -0.2) is 0 Å². The lowest BCUT2D eigenvalue weighted by molar-refractivity contribution is -0.129. The van der Waals surface area contributed by atoms with Crippen LogP contribution in [0.5, 0.6) is 0 Å². The third-order valence-corrected chi connectivity index (χ3v) is 3.07. The molecule has 0 aromatic carbocycles. The van der Waals surface area contributed by atoms with Gasteiger partial charge in [0, 0.05) is 12.6 Å². The second-order valence-electron chi connectivity index (χ2n) is 5.08. The highest BCUT2D eigenvalue weighted by Crippen LogP contribution is 2.18. The Morgan fingerprint density at radius 2 is 2.07 bits per heavy atom. The quantitative estimate of drug-likeness (QED) is 0.756. The number of likely N-dealkylation sites (tertiary alicyclic amines) is 1. The number of aliphatic hydroxyl groups is 1. The molecule has 0 bridgehead atoms. The van der Waals surface area contributed by atoms with Crippen molar-refractivity contribution in [2.24, 2.45) is 5.92 Å². The minimum absolute atomic E-state index is 0.111. The van der Waals surface area contributed by atoms with E-state index in [1.807, 2.05) is 4.90 Å². The predicted octanol–water partition coefficient (Wildman–Crippen LogP) is 1.79. The largest absolute Gasteiger partial charge is 0.391 e. The van der Waals surface area contributed by atoms with Gasteiger partial charge in [0.25, 0.3) is 0 Å². The topological polar surface area (TPSA) is 40.5 Å². The SMILES string of the molecule is CC(C)CCCC(C)N1CC(O)CC1=O. The Labute approximate surface area is 92.5 Å². The fourth-order valence-electron chi connectivity index (χ4n) is 2.12. The number of hydrogen-bond donors (Lipinski definition) is 1. The molecule has 0 aromatic heterocycles. The van der Waals surface area contributed by atoms with Gasteiger partial charge in [-0.1, -0.05) is 26.7 Å². The van der Waals surface area contributed by atoms with E-state index in [1.54, 1.807) is 0 Å². The summed E-state index contributed by atoms with van der Waals surface area (Å²) in [5.41, 5.74) is 0. The highest BCUT2D eigenvalue weighted by atomic mass is 16.3. The monoisotopic (exact) mass is 213 g/mol. The van der Waals surface area contributed by atoms with Gasteiger partial charge in [0.15, 0.2) is 0 Å². The molecule has 0 radical (unpaired) electrons. The summed E-state index contributed by atoms with van der Waals surface area (Å²) >= 11 is 0. The normalized spacial score (nSPS) is 23.9. The van der Waals surface area contributed by atoms with Crippen LogP contribution in [0.2, 0.25) is 0 Å². The van der Waals surface area contributed by atoms with E-state index in [0.29, 0.717) is 13.0 Å². The lowest BCUT2D eigenvalue weighted by Crippen LogP contribution is -2.34. The maximum absolute atomic E-state index is 11.5. The van der Waals surface area contributed by atoms with E-state index in [1.165, 1.54) is 12.8 Å². The third-order valence-electron chi connectivity index (χ3n) is 3.07. The number of hydrogen-bond acceptors (Lipinski definition) is 2. The molecule has 3 heteroatoms. The first-order valence-electron chi connectivity index (χ1n) is 5.98. The fourth-order valence-corrected chi connectivity index (χ4v) is 2.12. The van der Waals surface area contributed by atoms with Crippen molar-refractivity contribution in [3.8, 4) is 0 Å². The maximum atomic E-state index is 11.5. The zero-order chi connectivity index (χ0) is 11.4. The molecule has 2 unspecified atom stereocenters. The van der Waals surface area contributed by atoms with Crippen LogP contribution in [-0.4, -0.2) is 34.6 Å². The summed E-state index contributed by atoms with van der Waals surface area (Å²) in [5, 5.41) is 9.37. The molecule has 2 atom stereocenters. The molecule has 0 saturated carbocycles. The summed E-state index contributed by atoms with van der Waals surface area (Å²) in [7, 11) is 0. The van der Waals surface area contributed by atoms with Gasteiger partial charge in [-0.05, 0) is 19.3 Å². The van der Waals surface area contributed by atoms with Crippen molar-refractivity contribution < 1.29 is 9.90 Å². The molecule has 88 valence electrons. The maximum Gasteiger partial charge on any atom is 0.225 e. The Bertz CT molecular complexity index is 216. The van der Waals surface area contributed by atoms with Crippen molar-refractivity contribution in [2.75, 3.05) is 6.54 Å². The zero-order valence-corrected chi connectivity index (χ0v) is 10.1. The van der Waals surface area contributed by atoms with Crippen LogP contribution in [0.1, 0.15) is 46.5 Å². The number of carbonyl (C=O) groups is 1. The van der Waals surface area contributed by atoms with Gasteiger partial charge in [0.2, 0.25) is 5.91 Å². The first-order valence-corrected chi connectivity index (χ1v) is 5.98. The van der Waals surface area contributed by atoms with Crippen LogP contribution < -0.4 is 0 Å². The Balaban J connectivity index is 2.27. The molecular formula is C12H23NO2. The molecule has 1 rings (SSSR count). The second-order valence-corrected chi connectivity index (χ2v) is 5.08. The van der Waals surface area contributed by atoms with E-state index in [4.69, 9.17) is 0 Å². The molecule has 1 N–H and O–H groups in total. The van der Waals surface area contributed by atoms with Gasteiger partial charge in [0.1, 0.15) is 0 Å². The number of aliphatic hydroxyl groups excluding tert-OH is 1. The van der Waals surface area contributed by atoms with Crippen LogP contribution in [0.3, 0.4) is 0 Å². The minimum Gasteiger partial charge on any atom is -0.391 e. The average molecular weight is 213 g/mol. The van der Waals surface area contributed by atoms with Gasteiger partial charge in [-0.2, -0.15) is 0 Å². The Hall–Kier alpha value is -0.570. The third kappa shape index (κ3) is 3.82. The molecule has 0 aliphatic carbocycles. The molecule has 1 aliphatic rings. The summed E-state index contributed by atoms with van der Waals surface area (Å²) in [6.07, 6.45) is 3.31. The molecule has 1 fully saturated rings. The number of amides is 1. The lowest BCUT2D eigenvalue weighted by Gasteiger charge is -2.24. The number of β-amino-alcohol motifs (C(OH)–C–C–N with tert-alkyl or cyclic N) is 1. The molecule has 0 aromatic rings. The number of nitrogens with zero attached hydrogens (tertiary/aromatic N) is 1. The summed E-state index contributed by atoms with van der Waals surface area (Å²) in [5.74, 6) is 0.844. The van der Waals surface area contributed by atoms with E-state index in [0.717, 1.165) is 12.3 Å². The molecule has 1 saturated heterocycles.